The van der Waals surface area contributed by atoms with Crippen molar-refractivity contribution in [3.8, 4) is 17.1 Å². The zero-order valence-electron chi connectivity index (χ0n) is 16.5. The van der Waals surface area contributed by atoms with E-state index in [-0.39, 0.29) is 10.8 Å². The average Bonchev–Trinajstić information content (AvgIpc) is 3.36. The minimum Gasteiger partial charge on any atom is -0.494 e. The second-order valence-electron chi connectivity index (χ2n) is 6.49. The van der Waals surface area contributed by atoms with Crippen molar-refractivity contribution in [2.45, 2.75) is 6.92 Å². The number of furan rings is 1. The highest BCUT2D eigenvalue weighted by Gasteiger charge is 2.24. The molecule has 2 heterocycles. The van der Waals surface area contributed by atoms with Crippen LogP contribution in [0.5, 0.6) is 5.75 Å². The molecule has 1 aliphatic rings. The Morgan fingerprint density at radius 1 is 1.13 bits per heavy atom. The molecule has 156 valence electrons. The lowest BCUT2D eigenvalue weighted by Gasteiger charge is -2.03. The Labute approximate surface area is 182 Å². The number of hydrogen-bond donors (Lipinski definition) is 2. The maximum absolute atomic E-state index is 11.9. The molecule has 0 radical (unpaired) electrons. The molecule has 1 saturated heterocycles. The molecular weight excluding hydrogens is 416 g/mol. The summed E-state index contributed by atoms with van der Waals surface area (Å²) in [7, 11) is 0. The third-order valence-corrected chi connectivity index (χ3v) is 5.18. The number of hydrogen-bond acceptors (Lipinski definition) is 6. The average molecular weight is 434 g/mol. The molecule has 31 heavy (non-hydrogen) atoms. The standard InChI is InChI=1S/C23H18N2O5S/c1-2-29-17-9-7-16(8-10-17)24-21-20(31-23(28)25-21)13-18-11-12-19(30-18)14-3-5-15(6-4-14)22(26)27/h3-13H,2H2,1H3,(H,26,27)(H,24,25,28)/b20-13-. The highest BCUT2D eigenvalue weighted by molar-refractivity contribution is 8.18. The summed E-state index contributed by atoms with van der Waals surface area (Å²) >= 11 is 1.04. The number of nitrogens with one attached hydrogen (secondary N) is 1. The quantitative estimate of drug-likeness (QED) is 0.526. The van der Waals surface area contributed by atoms with Crippen LogP contribution in [-0.4, -0.2) is 28.8 Å². The van der Waals surface area contributed by atoms with Crippen LogP contribution in [0.3, 0.4) is 0 Å². The molecule has 2 N–H and O–H groups in total. The first kappa shape index (κ1) is 20.5. The van der Waals surface area contributed by atoms with Crippen LogP contribution in [0.15, 0.2) is 75.0 Å². The van der Waals surface area contributed by atoms with Gasteiger partial charge in [-0.05, 0) is 73.3 Å². The van der Waals surface area contributed by atoms with Gasteiger partial charge in [0.2, 0.25) is 0 Å². The molecule has 0 aliphatic carbocycles. The zero-order valence-corrected chi connectivity index (χ0v) is 17.3. The predicted octanol–water partition coefficient (Wildman–Crippen LogP) is 5.57. The summed E-state index contributed by atoms with van der Waals surface area (Å²) in [6, 6.07) is 17.3. The molecule has 0 bridgehead atoms. The van der Waals surface area contributed by atoms with Crippen LogP contribution in [-0.2, 0) is 0 Å². The van der Waals surface area contributed by atoms with Gasteiger partial charge in [-0.2, -0.15) is 0 Å². The number of carboxylic acids is 1. The predicted molar refractivity (Wildman–Crippen MR) is 120 cm³/mol. The van der Waals surface area contributed by atoms with Gasteiger partial charge in [0, 0.05) is 5.56 Å². The molecular formula is C23H18N2O5S. The largest absolute Gasteiger partial charge is 0.494 e. The van der Waals surface area contributed by atoms with Crippen LogP contribution in [0, 0.1) is 0 Å². The summed E-state index contributed by atoms with van der Waals surface area (Å²) in [6.45, 7) is 2.50. The third kappa shape index (κ3) is 4.87. The Bertz CT molecular complexity index is 1180. The fourth-order valence-corrected chi connectivity index (χ4v) is 3.63. The summed E-state index contributed by atoms with van der Waals surface area (Å²) in [6.07, 6.45) is 1.74. The summed E-state index contributed by atoms with van der Waals surface area (Å²) in [5.74, 6) is 1.37. The van der Waals surface area contributed by atoms with E-state index in [0.717, 1.165) is 23.1 Å². The summed E-state index contributed by atoms with van der Waals surface area (Å²) in [4.78, 5) is 28.1. The van der Waals surface area contributed by atoms with Crippen LogP contribution in [0.4, 0.5) is 10.5 Å². The second kappa shape index (κ2) is 8.93. The Morgan fingerprint density at radius 3 is 2.55 bits per heavy atom. The van der Waals surface area contributed by atoms with E-state index >= 15 is 0 Å². The molecule has 0 spiro atoms. The lowest BCUT2D eigenvalue weighted by atomic mass is 10.1. The van der Waals surface area contributed by atoms with Gasteiger partial charge >= 0.3 is 5.97 Å². The Kier molecular flexibility index (Phi) is 5.90. The normalized spacial score (nSPS) is 16.0. The number of carbonyl (C=O) groups is 2. The molecule has 1 aliphatic heterocycles. The minimum absolute atomic E-state index is 0.208. The monoisotopic (exact) mass is 434 g/mol. The van der Waals surface area contributed by atoms with Crippen molar-refractivity contribution < 1.29 is 23.8 Å². The third-order valence-electron chi connectivity index (χ3n) is 4.36. The van der Waals surface area contributed by atoms with Crippen LogP contribution in [0.2, 0.25) is 0 Å². The number of aliphatic imine (C=N–C) groups is 1. The summed E-state index contributed by atoms with van der Waals surface area (Å²) in [5, 5.41) is 11.5. The number of amidine groups is 1. The Balaban J connectivity index is 1.57. The van der Waals surface area contributed by atoms with Gasteiger partial charge < -0.3 is 19.6 Å². The molecule has 4 rings (SSSR count). The van der Waals surface area contributed by atoms with E-state index in [2.05, 4.69) is 10.3 Å². The number of nitrogens with zero attached hydrogens (tertiary/aromatic N) is 1. The number of ether oxygens (including phenoxy) is 1. The highest BCUT2D eigenvalue weighted by atomic mass is 32.2. The number of thioether (sulfide) groups is 1. The first-order chi connectivity index (χ1) is 15.0. The Hall–Kier alpha value is -3.78. The molecule has 0 saturated carbocycles. The van der Waals surface area contributed by atoms with Gasteiger partial charge in [-0.3, -0.25) is 4.79 Å². The topological polar surface area (TPSA) is 101 Å². The number of carbonyl (C=O) groups excluding carboxylic acids is 1. The van der Waals surface area contributed by atoms with E-state index < -0.39 is 5.97 Å². The first-order valence-corrected chi connectivity index (χ1v) is 10.3. The summed E-state index contributed by atoms with van der Waals surface area (Å²) in [5.41, 5.74) is 1.65. The first-order valence-electron chi connectivity index (χ1n) is 9.48. The van der Waals surface area contributed by atoms with E-state index in [9.17, 15) is 9.59 Å². The van der Waals surface area contributed by atoms with Gasteiger partial charge in [0.25, 0.3) is 5.24 Å². The molecule has 1 aromatic heterocycles. The van der Waals surface area contributed by atoms with Crippen molar-refractivity contribution in [3.05, 3.63) is 76.9 Å². The van der Waals surface area contributed by atoms with Crippen LogP contribution in [0.25, 0.3) is 17.4 Å². The van der Waals surface area contributed by atoms with Crippen LogP contribution in [0.1, 0.15) is 23.0 Å². The van der Waals surface area contributed by atoms with Crippen molar-refractivity contribution in [3.63, 3.8) is 0 Å². The van der Waals surface area contributed by atoms with Gasteiger partial charge in [0.15, 0.2) is 0 Å². The van der Waals surface area contributed by atoms with Crippen LogP contribution >= 0.6 is 11.8 Å². The molecule has 0 unspecified atom stereocenters. The molecule has 8 heteroatoms. The summed E-state index contributed by atoms with van der Waals surface area (Å²) < 4.78 is 11.3. The van der Waals surface area contributed by atoms with Crippen molar-refractivity contribution in [1.82, 2.24) is 5.32 Å². The van der Waals surface area contributed by atoms with Gasteiger partial charge in [0.05, 0.1) is 22.8 Å². The van der Waals surface area contributed by atoms with Crippen molar-refractivity contribution in [2.75, 3.05) is 6.61 Å². The molecule has 1 amide bonds. The number of carboxylic acid groups (broad SMARTS) is 1. The fourth-order valence-electron chi connectivity index (χ4n) is 2.92. The Morgan fingerprint density at radius 2 is 1.87 bits per heavy atom. The van der Waals surface area contributed by atoms with E-state index in [0.29, 0.717) is 34.6 Å². The smallest absolute Gasteiger partial charge is 0.335 e. The molecule has 2 aromatic carbocycles. The molecule has 3 aromatic rings. The zero-order chi connectivity index (χ0) is 21.8. The van der Waals surface area contributed by atoms with Gasteiger partial charge in [-0.1, -0.05) is 12.1 Å². The second-order valence-corrected chi connectivity index (χ2v) is 7.51. The highest BCUT2D eigenvalue weighted by Crippen LogP contribution is 2.31. The van der Waals surface area contributed by atoms with Crippen molar-refractivity contribution in [1.29, 1.82) is 0 Å². The molecule has 1 fully saturated rings. The van der Waals surface area contributed by atoms with Gasteiger partial charge in [-0.15, -0.1) is 0 Å². The van der Waals surface area contributed by atoms with Crippen molar-refractivity contribution >= 4 is 40.6 Å². The van der Waals surface area contributed by atoms with Gasteiger partial charge in [0.1, 0.15) is 23.1 Å². The van der Waals surface area contributed by atoms with Crippen molar-refractivity contribution in [2.24, 2.45) is 4.99 Å². The maximum Gasteiger partial charge on any atom is 0.335 e. The molecule has 0 atom stereocenters. The number of benzene rings is 2. The minimum atomic E-state index is -0.980. The van der Waals surface area contributed by atoms with Crippen LogP contribution < -0.4 is 10.1 Å². The van der Waals surface area contributed by atoms with E-state index in [1.54, 1.807) is 30.3 Å². The van der Waals surface area contributed by atoms with Gasteiger partial charge in [-0.25, -0.2) is 9.79 Å². The fraction of sp³-hybridized carbons (Fsp3) is 0.0870. The van der Waals surface area contributed by atoms with E-state index in [1.165, 1.54) is 12.1 Å². The maximum atomic E-state index is 11.9. The number of rotatable bonds is 6. The SMILES string of the molecule is CCOc1ccc(N=C2NC(=O)S/C2=C\c2ccc(-c3ccc(C(=O)O)cc3)o2)cc1. The number of aromatic carboxylic acids is 1. The lowest BCUT2D eigenvalue weighted by molar-refractivity contribution is 0.0697. The van der Waals surface area contributed by atoms with E-state index in [1.807, 2.05) is 31.2 Å². The lowest BCUT2D eigenvalue weighted by Crippen LogP contribution is -2.18. The molecule has 7 nitrogen and oxygen atoms in total. The number of amides is 1. The van der Waals surface area contributed by atoms with E-state index in [4.69, 9.17) is 14.3 Å².